The van der Waals surface area contributed by atoms with Crippen LogP contribution in [0.25, 0.3) is 0 Å². The van der Waals surface area contributed by atoms with E-state index >= 15 is 0 Å². The van der Waals surface area contributed by atoms with E-state index in [2.05, 4.69) is 19.6 Å². The predicted octanol–water partition coefficient (Wildman–Crippen LogP) is 3.13. The first-order valence-corrected chi connectivity index (χ1v) is 11.6. The highest BCUT2D eigenvalue weighted by molar-refractivity contribution is 5.98. The molecule has 0 radical (unpaired) electrons. The molecule has 0 amide bonds. The average molecular weight is 426 g/mol. The number of carbonyl (C=O) groups excluding carboxylic acids is 3. The molecule has 166 valence electrons. The fraction of sp³-hybridized carbons (Fsp3) is 0.760. The van der Waals surface area contributed by atoms with Gasteiger partial charge in [0.25, 0.3) is 0 Å². The molecule has 0 aromatic rings. The van der Waals surface area contributed by atoms with Crippen LogP contribution in [-0.4, -0.2) is 34.9 Å². The van der Waals surface area contributed by atoms with E-state index in [4.69, 9.17) is 4.74 Å². The molecule has 1 saturated heterocycles. The highest BCUT2D eigenvalue weighted by Gasteiger charge is 2.74. The Hall–Kier alpha value is -2.00. The van der Waals surface area contributed by atoms with Crippen LogP contribution >= 0.6 is 0 Å². The highest BCUT2D eigenvalue weighted by Crippen LogP contribution is 2.73. The lowest BCUT2D eigenvalue weighted by Crippen LogP contribution is -2.66. The summed E-state index contributed by atoms with van der Waals surface area (Å²) in [7, 11) is 0. The van der Waals surface area contributed by atoms with Crippen LogP contribution in [0.15, 0.2) is 12.2 Å². The van der Waals surface area contributed by atoms with E-state index in [9.17, 15) is 24.8 Å². The van der Waals surface area contributed by atoms with Crippen molar-refractivity contribution in [3.8, 4) is 6.07 Å². The molecule has 0 aromatic heterocycles. The number of aliphatic hydroxyl groups is 1. The first-order chi connectivity index (χ1) is 14.6. The molecule has 1 heterocycles. The molecule has 6 nitrogen and oxygen atoms in total. The van der Waals surface area contributed by atoms with Crippen molar-refractivity contribution in [3.63, 3.8) is 0 Å². The summed E-state index contributed by atoms with van der Waals surface area (Å²) in [6.07, 6.45) is 4.48. The topological polar surface area (TPSA) is 104 Å². The van der Waals surface area contributed by atoms with E-state index in [1.807, 2.05) is 6.92 Å². The molecule has 0 aromatic carbocycles. The van der Waals surface area contributed by atoms with Crippen LogP contribution in [0.2, 0.25) is 0 Å². The van der Waals surface area contributed by atoms with Crippen molar-refractivity contribution >= 4 is 18.0 Å². The summed E-state index contributed by atoms with van der Waals surface area (Å²) in [5.74, 6) is -0.960. The number of nitrogens with zero attached hydrogens (tertiary/aromatic N) is 1. The van der Waals surface area contributed by atoms with E-state index < -0.39 is 33.9 Å². The Morgan fingerprint density at radius 3 is 2.52 bits per heavy atom. The van der Waals surface area contributed by atoms with E-state index in [1.165, 1.54) is 0 Å². The van der Waals surface area contributed by atoms with Gasteiger partial charge < -0.3 is 14.6 Å². The number of ether oxygens (including phenoxy) is 1. The fourth-order valence-corrected chi connectivity index (χ4v) is 8.97. The van der Waals surface area contributed by atoms with Crippen molar-refractivity contribution in [2.75, 3.05) is 0 Å². The van der Waals surface area contributed by atoms with Crippen molar-refractivity contribution in [2.45, 2.75) is 76.9 Å². The first-order valence-electron chi connectivity index (χ1n) is 11.6. The van der Waals surface area contributed by atoms with Crippen molar-refractivity contribution in [3.05, 3.63) is 12.2 Å². The van der Waals surface area contributed by atoms with Crippen molar-refractivity contribution < 1.29 is 24.2 Å². The quantitative estimate of drug-likeness (QED) is 0.393. The Morgan fingerprint density at radius 2 is 1.90 bits per heavy atom. The molecule has 0 bridgehead atoms. The number of Topliss-reactive ketones (excluding diaryl/α,β-unsaturated/α-hetero) is 1. The molecule has 1 N–H and O–H groups in total. The molecular formula is C25H31NO5. The molecule has 5 unspecified atom stereocenters. The second-order valence-corrected chi connectivity index (χ2v) is 11.2. The second-order valence-electron chi connectivity index (χ2n) is 11.2. The Labute approximate surface area is 183 Å². The average Bonchev–Trinajstić information content (AvgIpc) is 3.25. The SMILES string of the molecule is C=C1C(=O)CCC2(C)C3C(C4CC[C@@]5(CCC(=O)O5)C4(C)C[C@H]3O)[C@H](C=O)C[C@]12C#N. The number of rotatable bonds is 1. The lowest BCUT2D eigenvalue weighted by Gasteiger charge is -2.66. The Balaban J connectivity index is 1.64. The normalized spacial score (nSPS) is 53.4. The van der Waals surface area contributed by atoms with Gasteiger partial charge in [0.05, 0.1) is 17.6 Å². The van der Waals surface area contributed by atoms with Gasteiger partial charge >= 0.3 is 5.97 Å². The maximum atomic E-state index is 12.6. The molecule has 6 heteroatoms. The molecule has 4 saturated carbocycles. The summed E-state index contributed by atoms with van der Waals surface area (Å²) in [4.78, 5) is 37.1. The summed E-state index contributed by atoms with van der Waals surface area (Å²) >= 11 is 0. The van der Waals surface area contributed by atoms with E-state index in [1.54, 1.807) is 0 Å². The lowest BCUT2D eigenvalue weighted by atomic mass is 9.37. The molecule has 31 heavy (non-hydrogen) atoms. The summed E-state index contributed by atoms with van der Waals surface area (Å²) in [6, 6.07) is 2.42. The first kappa shape index (κ1) is 20.9. The predicted molar refractivity (Wildman–Crippen MR) is 110 cm³/mol. The van der Waals surface area contributed by atoms with Crippen LogP contribution in [0.4, 0.5) is 0 Å². The molecule has 9 atom stereocenters. The van der Waals surface area contributed by atoms with E-state index in [-0.39, 0.29) is 35.9 Å². The minimum Gasteiger partial charge on any atom is -0.458 e. The van der Waals surface area contributed by atoms with Crippen LogP contribution in [0.1, 0.15) is 65.2 Å². The number of fused-ring (bicyclic) bond motifs is 6. The smallest absolute Gasteiger partial charge is 0.306 e. The van der Waals surface area contributed by atoms with Gasteiger partial charge in [-0.3, -0.25) is 9.59 Å². The minimum atomic E-state index is -1.13. The van der Waals surface area contributed by atoms with Crippen LogP contribution in [0, 0.1) is 51.2 Å². The molecule has 5 rings (SSSR count). The zero-order chi connectivity index (χ0) is 22.4. The number of aldehydes is 1. The third kappa shape index (κ3) is 2.24. The van der Waals surface area contributed by atoms with Crippen LogP contribution in [0.5, 0.6) is 0 Å². The maximum absolute atomic E-state index is 12.6. The zero-order valence-electron chi connectivity index (χ0n) is 18.4. The van der Waals surface area contributed by atoms with E-state index in [0.29, 0.717) is 37.7 Å². The van der Waals surface area contributed by atoms with Gasteiger partial charge in [-0.2, -0.15) is 5.26 Å². The molecule has 4 aliphatic carbocycles. The van der Waals surface area contributed by atoms with Gasteiger partial charge in [0.2, 0.25) is 0 Å². The number of hydrogen-bond donors (Lipinski definition) is 1. The summed E-state index contributed by atoms with van der Waals surface area (Å²) in [6.45, 7) is 8.17. The Morgan fingerprint density at radius 1 is 1.16 bits per heavy atom. The maximum Gasteiger partial charge on any atom is 0.306 e. The van der Waals surface area contributed by atoms with Gasteiger partial charge in [-0.1, -0.05) is 20.4 Å². The standard InChI is InChI=1S/C25H31NO5/c1-14-17(28)5-7-22(2)21-18(29)11-23(3)16(4-8-25(23)9-6-19(30)31-25)20(21)15(12-27)10-24(14,22)13-26/h12,15-16,18,20-21,29H,1,4-11H2,2-3H3/t15-,16?,18+,20?,21?,22?,23?,24-,25+/m0/s1. The molecule has 5 fully saturated rings. The Kier molecular flexibility index (Phi) is 4.23. The number of allylic oxidation sites excluding steroid dienone is 1. The summed E-state index contributed by atoms with van der Waals surface area (Å²) in [5, 5.41) is 22.0. The van der Waals surface area contributed by atoms with Crippen molar-refractivity contribution in [2.24, 2.45) is 39.9 Å². The van der Waals surface area contributed by atoms with Gasteiger partial charge in [-0.15, -0.1) is 0 Å². The monoisotopic (exact) mass is 425 g/mol. The summed E-state index contributed by atoms with van der Waals surface area (Å²) < 4.78 is 5.93. The highest BCUT2D eigenvalue weighted by atomic mass is 16.6. The number of ketones is 1. The minimum absolute atomic E-state index is 0.0996. The lowest BCUT2D eigenvalue weighted by molar-refractivity contribution is -0.215. The number of esters is 1. The molecule has 5 aliphatic rings. The summed E-state index contributed by atoms with van der Waals surface area (Å²) in [5.41, 5.74) is -2.40. The fourth-order valence-electron chi connectivity index (χ4n) is 8.97. The van der Waals surface area contributed by atoms with Crippen LogP contribution < -0.4 is 0 Å². The molecule has 1 aliphatic heterocycles. The van der Waals surface area contributed by atoms with Crippen LogP contribution in [-0.2, 0) is 19.1 Å². The Bertz CT molecular complexity index is 937. The van der Waals surface area contributed by atoms with Crippen molar-refractivity contribution in [1.29, 1.82) is 5.26 Å². The van der Waals surface area contributed by atoms with Crippen molar-refractivity contribution in [1.82, 2.24) is 0 Å². The number of aliphatic hydroxyl groups excluding tert-OH is 1. The molecular weight excluding hydrogens is 394 g/mol. The third-order valence-corrected chi connectivity index (χ3v) is 10.5. The van der Waals surface area contributed by atoms with Gasteiger partial charge in [0, 0.05) is 29.7 Å². The number of nitriles is 1. The second kappa shape index (κ2) is 6.28. The third-order valence-electron chi connectivity index (χ3n) is 10.5. The number of hydrogen-bond acceptors (Lipinski definition) is 6. The van der Waals surface area contributed by atoms with Gasteiger partial charge in [0.15, 0.2) is 5.78 Å². The number of carbonyl (C=O) groups is 3. The van der Waals surface area contributed by atoms with Gasteiger partial charge in [-0.25, -0.2) is 0 Å². The van der Waals surface area contributed by atoms with E-state index in [0.717, 1.165) is 19.1 Å². The molecule has 1 spiro atoms. The largest absolute Gasteiger partial charge is 0.458 e. The van der Waals surface area contributed by atoms with Crippen LogP contribution in [0.3, 0.4) is 0 Å². The van der Waals surface area contributed by atoms with Gasteiger partial charge in [0.1, 0.15) is 11.9 Å². The van der Waals surface area contributed by atoms with Gasteiger partial charge in [-0.05, 0) is 61.7 Å². The zero-order valence-corrected chi connectivity index (χ0v) is 18.4.